The molecule has 170 valence electrons. The Kier molecular flexibility index (Phi) is 5.67. The zero-order valence-electron chi connectivity index (χ0n) is 16.4. The van der Waals surface area contributed by atoms with Gasteiger partial charge >= 0.3 is 11.3 Å². The van der Waals surface area contributed by atoms with Crippen molar-refractivity contribution in [3.63, 3.8) is 0 Å². The Bertz CT molecular complexity index is 1150. The predicted molar refractivity (Wildman–Crippen MR) is 107 cm³/mol. The molecule has 1 unspecified atom stereocenters. The second-order valence-corrected chi connectivity index (χ2v) is 7.34. The summed E-state index contributed by atoms with van der Waals surface area (Å²) in [5.41, 5.74) is 0.260. The number of aliphatic hydroxyl groups is 4. The fourth-order valence-corrected chi connectivity index (χ4v) is 3.43. The van der Waals surface area contributed by atoms with Crippen LogP contribution in [0.25, 0.3) is 22.3 Å². The highest BCUT2D eigenvalue weighted by Gasteiger charge is 2.45. The third-order valence-electron chi connectivity index (χ3n) is 5.15. The summed E-state index contributed by atoms with van der Waals surface area (Å²) in [6.07, 6.45) is -7.76. The van der Waals surface area contributed by atoms with Crippen LogP contribution in [-0.2, 0) is 4.74 Å². The van der Waals surface area contributed by atoms with Crippen LogP contribution in [0.3, 0.4) is 0 Å². The van der Waals surface area contributed by atoms with Crippen LogP contribution >= 0.6 is 0 Å². The highest BCUT2D eigenvalue weighted by molar-refractivity contribution is 5.88. The van der Waals surface area contributed by atoms with Gasteiger partial charge in [-0.1, -0.05) is 0 Å². The van der Waals surface area contributed by atoms with Crippen LogP contribution in [0.2, 0.25) is 0 Å². The van der Waals surface area contributed by atoms with E-state index in [1.807, 2.05) is 0 Å². The Morgan fingerprint density at radius 3 is 2.28 bits per heavy atom. The molecule has 3 aromatic rings. The molecule has 11 nitrogen and oxygen atoms in total. The maximum atomic E-state index is 10.3. The lowest BCUT2D eigenvalue weighted by Crippen LogP contribution is -2.60. The lowest BCUT2D eigenvalue weighted by Gasteiger charge is -2.39. The molecular formula is C21H21O11+. The van der Waals surface area contributed by atoms with Crippen molar-refractivity contribution in [3.8, 4) is 40.1 Å². The largest absolute Gasteiger partial charge is 0.507 e. The number of fused-ring (bicyclic) bond motifs is 1. The van der Waals surface area contributed by atoms with Crippen LogP contribution in [0.4, 0.5) is 0 Å². The van der Waals surface area contributed by atoms with Gasteiger partial charge < -0.3 is 50.3 Å². The van der Waals surface area contributed by atoms with Crippen molar-refractivity contribution in [2.24, 2.45) is 0 Å². The number of phenols is 4. The minimum Gasteiger partial charge on any atom is -0.507 e. The number of aromatic hydroxyl groups is 4. The SMILES string of the molecule is OC[C@@H]1OC(Oc2cc3c(O)cc(O)cc3[o+]c2-c2ccc(O)c(O)c2)[C@@H](O)[C@H](O)[C@@H]1O. The number of ether oxygens (including phenoxy) is 2. The molecule has 0 aliphatic carbocycles. The van der Waals surface area contributed by atoms with Gasteiger partial charge in [-0.2, -0.15) is 0 Å². The highest BCUT2D eigenvalue weighted by atomic mass is 16.7. The number of hydrogen-bond acceptors (Lipinski definition) is 10. The maximum absolute atomic E-state index is 10.3. The van der Waals surface area contributed by atoms with Crippen molar-refractivity contribution < 1.29 is 54.7 Å². The standard InChI is InChI=1S/C21H20O11/c22-7-16-17(27)18(28)19(29)21(32-16)31-15-6-10-12(25)4-9(23)5-14(10)30-20(15)8-1-2-11(24)13(26)3-8/h1-6,16-19,21-22,27-29H,7H2,(H3-,23,24,25,26)/p+1/t16-,17+,18+,19-,21?/m0/s1. The first-order valence-corrected chi connectivity index (χ1v) is 9.52. The maximum Gasteiger partial charge on any atom is 0.402 e. The third kappa shape index (κ3) is 3.83. The lowest BCUT2D eigenvalue weighted by atomic mass is 9.99. The van der Waals surface area contributed by atoms with Crippen molar-refractivity contribution in [3.05, 3.63) is 36.4 Å². The molecule has 1 fully saturated rings. The van der Waals surface area contributed by atoms with Crippen LogP contribution in [0.5, 0.6) is 28.7 Å². The molecule has 32 heavy (non-hydrogen) atoms. The molecule has 1 saturated heterocycles. The minimum absolute atomic E-state index is 0.0465. The van der Waals surface area contributed by atoms with E-state index in [-0.39, 0.29) is 45.3 Å². The minimum atomic E-state index is -1.71. The van der Waals surface area contributed by atoms with E-state index in [2.05, 4.69) is 0 Å². The van der Waals surface area contributed by atoms with Gasteiger partial charge in [0.05, 0.1) is 18.2 Å². The number of rotatable bonds is 4. The summed E-state index contributed by atoms with van der Waals surface area (Å²) in [6.45, 7) is -0.661. The fourth-order valence-electron chi connectivity index (χ4n) is 3.43. The Balaban J connectivity index is 1.84. The summed E-state index contributed by atoms with van der Waals surface area (Å²) >= 11 is 0. The van der Waals surface area contributed by atoms with Gasteiger partial charge in [0.15, 0.2) is 11.5 Å². The van der Waals surface area contributed by atoms with Crippen molar-refractivity contribution >= 4 is 11.0 Å². The molecule has 0 spiro atoms. The summed E-state index contributed by atoms with van der Waals surface area (Å²) in [5.74, 6) is -1.64. The van der Waals surface area contributed by atoms with E-state index in [1.165, 1.54) is 30.3 Å². The molecule has 0 radical (unpaired) electrons. The molecule has 4 rings (SSSR count). The van der Waals surface area contributed by atoms with Crippen LogP contribution in [0.15, 0.2) is 40.8 Å². The second kappa shape index (κ2) is 8.30. The molecule has 0 bridgehead atoms. The average Bonchev–Trinajstić information content (AvgIpc) is 2.76. The Hall–Kier alpha value is -3.35. The molecule has 11 heteroatoms. The normalized spacial score (nSPS) is 25.7. The summed E-state index contributed by atoms with van der Waals surface area (Å²) < 4.78 is 16.8. The molecule has 1 aliphatic rings. The van der Waals surface area contributed by atoms with E-state index < -0.39 is 43.1 Å². The molecule has 1 aromatic heterocycles. The van der Waals surface area contributed by atoms with Gasteiger partial charge in [-0.3, -0.25) is 0 Å². The topological polar surface area (TPSA) is 192 Å². The molecule has 1 aliphatic heterocycles. The van der Waals surface area contributed by atoms with E-state index in [1.54, 1.807) is 0 Å². The molecule has 2 aromatic carbocycles. The molecule has 8 N–H and O–H groups in total. The molecular weight excluding hydrogens is 428 g/mol. The van der Waals surface area contributed by atoms with Crippen molar-refractivity contribution in [2.45, 2.75) is 30.7 Å². The third-order valence-corrected chi connectivity index (χ3v) is 5.15. The first-order chi connectivity index (χ1) is 15.2. The van der Waals surface area contributed by atoms with Gasteiger partial charge in [-0.15, -0.1) is 0 Å². The van der Waals surface area contributed by atoms with Crippen LogP contribution in [-0.4, -0.2) is 78.2 Å². The van der Waals surface area contributed by atoms with E-state index >= 15 is 0 Å². The van der Waals surface area contributed by atoms with Crippen molar-refractivity contribution in [2.75, 3.05) is 6.61 Å². The Morgan fingerprint density at radius 2 is 1.59 bits per heavy atom. The Morgan fingerprint density at radius 1 is 0.844 bits per heavy atom. The first kappa shape index (κ1) is 21.9. The smallest absolute Gasteiger partial charge is 0.402 e. The van der Waals surface area contributed by atoms with E-state index in [0.29, 0.717) is 0 Å². The first-order valence-electron chi connectivity index (χ1n) is 9.52. The molecule has 5 atom stereocenters. The summed E-state index contributed by atoms with van der Waals surface area (Å²) in [5, 5.41) is 79.2. The van der Waals surface area contributed by atoms with Gasteiger partial charge in [-0.05, 0) is 12.1 Å². The predicted octanol–water partition coefficient (Wildman–Crippen LogP) is 0.382. The van der Waals surface area contributed by atoms with Gasteiger partial charge in [0.2, 0.25) is 12.0 Å². The number of hydrogen-bond donors (Lipinski definition) is 8. The number of benzene rings is 2. The lowest BCUT2D eigenvalue weighted by molar-refractivity contribution is -0.277. The van der Waals surface area contributed by atoms with Crippen molar-refractivity contribution in [1.29, 1.82) is 0 Å². The molecule has 0 saturated carbocycles. The second-order valence-electron chi connectivity index (χ2n) is 7.34. The monoisotopic (exact) mass is 449 g/mol. The summed E-state index contributed by atoms with van der Waals surface area (Å²) in [6, 6.07) is 7.37. The summed E-state index contributed by atoms with van der Waals surface area (Å²) in [4.78, 5) is 0. The van der Waals surface area contributed by atoms with Crippen LogP contribution in [0.1, 0.15) is 0 Å². The van der Waals surface area contributed by atoms with E-state index in [9.17, 15) is 40.9 Å². The fraction of sp³-hybridized carbons (Fsp3) is 0.286. The molecule has 0 amide bonds. The van der Waals surface area contributed by atoms with Gasteiger partial charge in [0.1, 0.15) is 41.3 Å². The van der Waals surface area contributed by atoms with Crippen molar-refractivity contribution in [1.82, 2.24) is 0 Å². The molecule has 2 heterocycles. The Labute approximate surface area is 180 Å². The van der Waals surface area contributed by atoms with E-state index in [0.717, 1.165) is 6.07 Å². The van der Waals surface area contributed by atoms with E-state index in [4.69, 9.17) is 13.9 Å². The zero-order chi connectivity index (χ0) is 23.2. The van der Waals surface area contributed by atoms with Crippen LogP contribution < -0.4 is 4.74 Å². The zero-order valence-corrected chi connectivity index (χ0v) is 16.4. The quantitative estimate of drug-likeness (QED) is 0.203. The summed E-state index contributed by atoms with van der Waals surface area (Å²) in [7, 11) is 0. The average molecular weight is 449 g/mol. The number of aliphatic hydroxyl groups excluding tert-OH is 4. The number of phenolic OH excluding ortho intramolecular Hbond substituents is 4. The highest BCUT2D eigenvalue weighted by Crippen LogP contribution is 2.42. The van der Waals surface area contributed by atoms with Gasteiger partial charge in [-0.25, -0.2) is 4.42 Å². The van der Waals surface area contributed by atoms with Gasteiger partial charge in [0, 0.05) is 18.2 Å². The van der Waals surface area contributed by atoms with Gasteiger partial charge in [0.25, 0.3) is 0 Å². The van der Waals surface area contributed by atoms with Crippen LogP contribution in [0, 0.1) is 0 Å².